The minimum absolute atomic E-state index is 0.644. The number of pyridine rings is 3. The molecule has 0 aliphatic heterocycles. The number of nitriles is 2. The summed E-state index contributed by atoms with van der Waals surface area (Å²) in [5.74, 6) is 0. The Bertz CT molecular complexity index is 7620. The zero-order valence-corrected chi connectivity index (χ0v) is 60.5. The summed E-state index contributed by atoms with van der Waals surface area (Å²) >= 11 is 0. The molecule has 5 heterocycles. The number of rotatable bonds is 9. The van der Waals surface area contributed by atoms with Gasteiger partial charge in [-0.1, -0.05) is 231 Å². The molecule has 0 N–H and O–H groups in total. The van der Waals surface area contributed by atoms with Gasteiger partial charge in [0, 0.05) is 73.6 Å². The van der Waals surface area contributed by atoms with E-state index in [4.69, 9.17) is 15.0 Å². The van der Waals surface area contributed by atoms with Crippen LogP contribution in [-0.4, -0.2) is 24.1 Å². The third-order valence-electron chi connectivity index (χ3n) is 22.5. The van der Waals surface area contributed by atoms with Crippen molar-refractivity contribution in [3.05, 3.63) is 394 Å². The van der Waals surface area contributed by atoms with E-state index in [-0.39, 0.29) is 0 Å². The second-order valence-electron chi connectivity index (χ2n) is 28.7. The Labute approximate surface area is 645 Å². The molecule has 17 aromatic carbocycles. The molecule has 112 heavy (non-hydrogen) atoms. The zero-order valence-electron chi connectivity index (χ0n) is 60.5. The molecule has 0 unspecified atom stereocenters. The van der Waals surface area contributed by atoms with Gasteiger partial charge in [0.1, 0.15) is 0 Å². The Kier molecular flexibility index (Phi) is 15.5. The molecule has 7 heteroatoms. The number of hydrogen-bond donors (Lipinski definition) is 0. The van der Waals surface area contributed by atoms with Crippen LogP contribution in [0.1, 0.15) is 11.1 Å². The van der Waals surface area contributed by atoms with Gasteiger partial charge in [0.25, 0.3) is 0 Å². The quantitative estimate of drug-likeness (QED) is 0.134. The summed E-state index contributed by atoms with van der Waals surface area (Å²) in [5.41, 5.74) is 24.3. The van der Waals surface area contributed by atoms with Crippen LogP contribution in [0.3, 0.4) is 0 Å². The molecular formula is C105H63N7. The van der Waals surface area contributed by atoms with Crippen molar-refractivity contribution in [2.24, 2.45) is 0 Å². The van der Waals surface area contributed by atoms with Crippen molar-refractivity contribution in [1.82, 2.24) is 24.1 Å². The first-order valence-electron chi connectivity index (χ1n) is 37.7. The lowest BCUT2D eigenvalue weighted by molar-refractivity contribution is 1.18. The number of aromatic nitrogens is 5. The van der Waals surface area contributed by atoms with Gasteiger partial charge in [-0.2, -0.15) is 10.5 Å². The van der Waals surface area contributed by atoms with Gasteiger partial charge >= 0.3 is 0 Å². The van der Waals surface area contributed by atoms with E-state index in [1.54, 1.807) is 0 Å². The van der Waals surface area contributed by atoms with Crippen molar-refractivity contribution in [2.45, 2.75) is 0 Å². The summed E-state index contributed by atoms with van der Waals surface area (Å²) in [6.07, 6.45) is 5.56. The van der Waals surface area contributed by atoms with E-state index >= 15 is 0 Å². The van der Waals surface area contributed by atoms with E-state index in [1.165, 1.54) is 86.9 Å². The summed E-state index contributed by atoms with van der Waals surface area (Å²) in [7, 11) is 0. The predicted octanol–water partition coefficient (Wildman–Crippen LogP) is 27.2. The molecule has 518 valence electrons. The van der Waals surface area contributed by atoms with E-state index in [0.29, 0.717) is 11.1 Å². The fraction of sp³-hybridized carbons (Fsp3) is 0. The number of para-hydroxylation sites is 3. The molecule has 0 radical (unpaired) electrons. The zero-order chi connectivity index (χ0) is 74.3. The molecule has 0 aliphatic rings. The van der Waals surface area contributed by atoms with Crippen LogP contribution in [-0.2, 0) is 0 Å². The highest BCUT2D eigenvalue weighted by Gasteiger charge is 2.23. The smallest absolute Gasteiger partial charge is 0.0992 e. The summed E-state index contributed by atoms with van der Waals surface area (Å²) in [5, 5.41) is 39.9. The molecule has 0 atom stereocenters. The summed E-state index contributed by atoms with van der Waals surface area (Å²) in [4.78, 5) is 14.2. The van der Waals surface area contributed by atoms with E-state index in [1.807, 2.05) is 85.3 Å². The molecule has 0 spiro atoms. The van der Waals surface area contributed by atoms with Gasteiger partial charge in [-0.05, 0) is 248 Å². The normalized spacial score (nSPS) is 11.6. The van der Waals surface area contributed by atoms with Crippen molar-refractivity contribution in [2.75, 3.05) is 0 Å². The molecule has 0 saturated heterocycles. The first-order chi connectivity index (χ1) is 55.4. The Hall–Kier alpha value is -15.4. The van der Waals surface area contributed by atoms with Gasteiger partial charge in [0.15, 0.2) is 0 Å². The molecule has 22 aromatic rings. The van der Waals surface area contributed by atoms with Crippen LogP contribution in [0, 0.1) is 22.7 Å². The maximum atomic E-state index is 9.83. The lowest BCUT2D eigenvalue weighted by Gasteiger charge is -2.17. The molecule has 0 saturated carbocycles. The van der Waals surface area contributed by atoms with Gasteiger partial charge in [-0.15, -0.1) is 0 Å². The molecule has 0 aliphatic carbocycles. The van der Waals surface area contributed by atoms with Crippen LogP contribution < -0.4 is 0 Å². The van der Waals surface area contributed by atoms with E-state index < -0.39 is 0 Å². The molecule has 22 rings (SSSR count). The van der Waals surface area contributed by atoms with E-state index in [9.17, 15) is 10.5 Å². The molecular weight excluding hydrogens is 1360 g/mol. The monoisotopic (exact) mass is 1420 g/mol. The minimum atomic E-state index is 0.644. The topological polar surface area (TPSA) is 96.1 Å². The first kappa shape index (κ1) is 64.9. The number of fused-ring (bicyclic) bond motifs is 17. The van der Waals surface area contributed by atoms with Gasteiger partial charge in [-0.3, -0.25) is 15.0 Å². The second-order valence-corrected chi connectivity index (χ2v) is 28.7. The van der Waals surface area contributed by atoms with Gasteiger partial charge < -0.3 is 9.13 Å². The van der Waals surface area contributed by atoms with Crippen molar-refractivity contribution in [1.29, 1.82) is 10.5 Å². The standard InChI is InChI=1S/C53H32N4.C52H31N3/c54-33-34-20-22-44-45-23-21-35(30-53(45)57(52(44)26-34)39-12-2-1-3-13-39)46-31-48-43-17-7-5-15-41(43)47(32-49(48)42-16-6-4-14-40(42)46)36-27-37(50-18-8-10-24-55-50)29-38(28-36)51-19-9-11-25-56-51;53-32-33-19-25-44-45-26-24-37(29-51(45)55(50(44)28-33)38-12-2-1-3-13-38)47-31-49-42-16-6-4-14-40(42)46(30-48(49)43-17-7-5-15-41(43)47)35-22-20-34(21-23-35)39-18-8-10-36-11-9-27-54-52(36)39/h1-32H;1-31H. The minimum Gasteiger partial charge on any atom is -0.309 e. The fourth-order valence-corrected chi connectivity index (χ4v) is 17.4. The van der Waals surface area contributed by atoms with Crippen molar-refractivity contribution in [3.63, 3.8) is 0 Å². The molecule has 0 fully saturated rings. The SMILES string of the molecule is N#Cc1ccc2c3ccc(-c4cc5c6ccccc6c(-c6cc(-c7ccccn7)cc(-c7ccccn7)c6)cc5c5ccccc45)cc3n(-c3ccccc3)c2c1.N#Cc1ccc2c3ccc(-c4cc5c6ccccc6c(-c6ccc(-c7cccc8cccnc78)cc6)cc5c5ccccc45)cc3n(-c3ccccc3)c2c1. The van der Waals surface area contributed by atoms with Crippen LogP contribution in [0.15, 0.2) is 383 Å². The van der Waals surface area contributed by atoms with Gasteiger partial charge in [-0.25, -0.2) is 0 Å². The van der Waals surface area contributed by atoms with Crippen molar-refractivity contribution < 1.29 is 0 Å². The Morgan fingerprint density at radius 3 is 0.964 bits per heavy atom. The van der Waals surface area contributed by atoms with E-state index in [0.717, 1.165) is 122 Å². The van der Waals surface area contributed by atoms with Crippen molar-refractivity contribution >= 4 is 119 Å². The fourth-order valence-electron chi connectivity index (χ4n) is 17.4. The van der Waals surface area contributed by atoms with Crippen LogP contribution in [0.4, 0.5) is 0 Å². The van der Waals surface area contributed by atoms with Crippen LogP contribution in [0.5, 0.6) is 0 Å². The largest absolute Gasteiger partial charge is 0.309 e. The Balaban J connectivity index is 0.000000142. The molecule has 5 aromatic heterocycles. The maximum Gasteiger partial charge on any atom is 0.0992 e. The number of hydrogen-bond acceptors (Lipinski definition) is 5. The maximum absolute atomic E-state index is 9.83. The predicted molar refractivity (Wildman–Crippen MR) is 465 cm³/mol. The third kappa shape index (κ3) is 10.9. The highest BCUT2D eigenvalue weighted by Crippen LogP contribution is 2.48. The number of nitrogens with zero attached hydrogens (tertiary/aromatic N) is 7. The summed E-state index contributed by atoms with van der Waals surface area (Å²) < 4.78 is 4.58. The average molecular weight is 1420 g/mol. The summed E-state index contributed by atoms with van der Waals surface area (Å²) in [6.45, 7) is 0. The van der Waals surface area contributed by atoms with Gasteiger partial charge in [0.2, 0.25) is 0 Å². The first-order valence-corrected chi connectivity index (χ1v) is 37.7. The van der Waals surface area contributed by atoms with Crippen LogP contribution in [0.2, 0.25) is 0 Å². The highest BCUT2D eigenvalue weighted by atomic mass is 15.0. The lowest BCUT2D eigenvalue weighted by atomic mass is 9.86. The average Bonchev–Trinajstić information content (AvgIpc) is 0.992. The summed E-state index contributed by atoms with van der Waals surface area (Å²) in [6, 6.07) is 134. The van der Waals surface area contributed by atoms with E-state index in [2.05, 4.69) is 319 Å². The Morgan fingerprint density at radius 2 is 0.545 bits per heavy atom. The van der Waals surface area contributed by atoms with Crippen molar-refractivity contribution in [3.8, 4) is 102 Å². The molecule has 7 nitrogen and oxygen atoms in total. The van der Waals surface area contributed by atoms with Gasteiger partial charge in [0.05, 0.1) is 62.2 Å². The van der Waals surface area contributed by atoms with Crippen LogP contribution >= 0.6 is 0 Å². The number of benzene rings is 17. The molecule has 0 amide bonds. The Morgan fingerprint density at radius 1 is 0.205 bits per heavy atom. The molecule has 0 bridgehead atoms. The lowest BCUT2D eigenvalue weighted by Crippen LogP contribution is -1.94. The highest BCUT2D eigenvalue weighted by molar-refractivity contribution is 6.26. The third-order valence-corrected chi connectivity index (χ3v) is 22.5. The van der Waals surface area contributed by atoms with Crippen LogP contribution in [0.25, 0.3) is 209 Å². The second kappa shape index (κ2) is 26.8.